The van der Waals surface area contributed by atoms with E-state index in [9.17, 15) is 8.42 Å². The van der Waals surface area contributed by atoms with Gasteiger partial charge in [-0.1, -0.05) is 12.1 Å². The topological polar surface area (TPSA) is 46.6 Å². The highest BCUT2D eigenvalue weighted by Gasteiger charge is 2.25. The van der Waals surface area contributed by atoms with E-state index in [-0.39, 0.29) is 10.9 Å². The lowest BCUT2D eigenvalue weighted by Crippen LogP contribution is -2.33. The third-order valence-electron chi connectivity index (χ3n) is 2.45. The Morgan fingerprint density at radius 3 is 2.31 bits per heavy atom. The Morgan fingerprint density at radius 1 is 1.25 bits per heavy atom. The van der Waals surface area contributed by atoms with Crippen LogP contribution in [0, 0.1) is 0 Å². The van der Waals surface area contributed by atoms with E-state index >= 15 is 0 Å². The summed E-state index contributed by atoms with van der Waals surface area (Å²) in [5.74, 6) is 0.370. The Morgan fingerprint density at radius 2 is 1.81 bits per heavy atom. The Balaban J connectivity index is 3.27. The molecule has 0 aliphatic heterocycles. The zero-order valence-corrected chi connectivity index (χ0v) is 10.8. The van der Waals surface area contributed by atoms with E-state index in [0.29, 0.717) is 5.75 Å². The predicted octanol–water partition coefficient (Wildman–Crippen LogP) is 1.72. The van der Waals surface area contributed by atoms with Gasteiger partial charge in [0.1, 0.15) is 10.6 Å². The van der Waals surface area contributed by atoms with Gasteiger partial charge in [-0.3, -0.25) is 0 Å². The van der Waals surface area contributed by atoms with Gasteiger partial charge in [-0.2, -0.15) is 4.31 Å². The number of rotatable bonds is 4. The van der Waals surface area contributed by atoms with Crippen molar-refractivity contribution in [3.63, 3.8) is 0 Å². The van der Waals surface area contributed by atoms with Crippen LogP contribution in [0.15, 0.2) is 29.2 Å². The second kappa shape index (κ2) is 4.84. The summed E-state index contributed by atoms with van der Waals surface area (Å²) < 4.78 is 30.8. The number of sulfonamides is 1. The number of ether oxygens (including phenoxy) is 1. The molecule has 4 nitrogen and oxygen atoms in total. The van der Waals surface area contributed by atoms with Gasteiger partial charge < -0.3 is 4.74 Å². The standard InChI is InChI=1S/C11H17NO3S/c1-9(2)12(3)16(13,14)11-8-6-5-7-10(11)15-4/h5-9H,1-4H3. The molecule has 0 bridgehead atoms. The molecule has 1 aromatic carbocycles. The van der Waals surface area contributed by atoms with Crippen molar-refractivity contribution in [3.8, 4) is 5.75 Å². The zero-order valence-electron chi connectivity index (χ0n) is 9.97. The number of para-hydroxylation sites is 1. The molecule has 16 heavy (non-hydrogen) atoms. The average molecular weight is 243 g/mol. The molecule has 0 aliphatic rings. The summed E-state index contributed by atoms with van der Waals surface area (Å²) in [5.41, 5.74) is 0. The number of hydrogen-bond acceptors (Lipinski definition) is 3. The highest BCUT2D eigenvalue weighted by molar-refractivity contribution is 7.89. The van der Waals surface area contributed by atoms with Gasteiger partial charge in [0.2, 0.25) is 10.0 Å². The van der Waals surface area contributed by atoms with Crippen LogP contribution in [0.2, 0.25) is 0 Å². The van der Waals surface area contributed by atoms with Crippen LogP contribution >= 0.6 is 0 Å². The first-order chi connectivity index (χ1) is 7.41. The molecule has 90 valence electrons. The third-order valence-corrected chi connectivity index (χ3v) is 4.53. The Hall–Kier alpha value is -1.07. The van der Waals surface area contributed by atoms with E-state index in [1.807, 2.05) is 13.8 Å². The van der Waals surface area contributed by atoms with Crippen LogP contribution in [-0.2, 0) is 10.0 Å². The molecule has 1 rings (SSSR count). The summed E-state index contributed by atoms with van der Waals surface area (Å²) in [6.45, 7) is 3.65. The predicted molar refractivity (Wildman–Crippen MR) is 63.1 cm³/mol. The van der Waals surface area contributed by atoms with Crippen molar-refractivity contribution in [2.45, 2.75) is 24.8 Å². The molecule has 5 heteroatoms. The monoisotopic (exact) mass is 243 g/mol. The van der Waals surface area contributed by atoms with Crippen molar-refractivity contribution in [1.82, 2.24) is 4.31 Å². The Bertz CT molecular complexity index is 454. The van der Waals surface area contributed by atoms with Crippen molar-refractivity contribution in [2.75, 3.05) is 14.2 Å². The minimum atomic E-state index is -3.47. The first-order valence-electron chi connectivity index (χ1n) is 5.02. The van der Waals surface area contributed by atoms with Gasteiger partial charge in [0.05, 0.1) is 7.11 Å². The molecule has 0 heterocycles. The fraction of sp³-hybridized carbons (Fsp3) is 0.455. The van der Waals surface area contributed by atoms with Gasteiger partial charge in [-0.25, -0.2) is 8.42 Å². The van der Waals surface area contributed by atoms with Crippen LogP contribution in [-0.4, -0.2) is 32.9 Å². The van der Waals surface area contributed by atoms with E-state index in [2.05, 4.69) is 0 Å². The van der Waals surface area contributed by atoms with E-state index in [4.69, 9.17) is 4.74 Å². The second-order valence-electron chi connectivity index (χ2n) is 3.77. The quantitative estimate of drug-likeness (QED) is 0.809. The molecule has 0 fully saturated rings. The van der Waals surface area contributed by atoms with E-state index < -0.39 is 10.0 Å². The number of benzene rings is 1. The van der Waals surface area contributed by atoms with Gasteiger partial charge in [0.15, 0.2) is 0 Å². The number of nitrogens with zero attached hydrogens (tertiary/aromatic N) is 1. The fourth-order valence-electron chi connectivity index (χ4n) is 1.26. The maximum atomic E-state index is 12.2. The van der Waals surface area contributed by atoms with Crippen molar-refractivity contribution in [2.24, 2.45) is 0 Å². The van der Waals surface area contributed by atoms with E-state index in [1.54, 1.807) is 31.3 Å². The van der Waals surface area contributed by atoms with Crippen LogP contribution in [0.25, 0.3) is 0 Å². The van der Waals surface area contributed by atoms with Crippen LogP contribution in [0.1, 0.15) is 13.8 Å². The molecule has 0 radical (unpaired) electrons. The van der Waals surface area contributed by atoms with Crippen LogP contribution < -0.4 is 4.74 Å². The minimum Gasteiger partial charge on any atom is -0.495 e. The lowest BCUT2D eigenvalue weighted by atomic mass is 10.3. The van der Waals surface area contributed by atoms with Gasteiger partial charge in [-0.05, 0) is 26.0 Å². The minimum absolute atomic E-state index is 0.0880. The lowest BCUT2D eigenvalue weighted by Gasteiger charge is -2.21. The Kier molecular flexibility index (Phi) is 3.93. The lowest BCUT2D eigenvalue weighted by molar-refractivity contribution is 0.387. The molecule has 0 aromatic heterocycles. The van der Waals surface area contributed by atoms with E-state index in [0.717, 1.165) is 0 Å². The smallest absolute Gasteiger partial charge is 0.246 e. The first-order valence-corrected chi connectivity index (χ1v) is 6.46. The highest BCUT2D eigenvalue weighted by Crippen LogP contribution is 2.26. The molecule has 0 spiro atoms. The second-order valence-corrected chi connectivity index (χ2v) is 5.73. The molecular formula is C11H17NO3S. The summed E-state index contributed by atoms with van der Waals surface area (Å²) in [4.78, 5) is 0.203. The summed E-state index contributed by atoms with van der Waals surface area (Å²) in [6, 6.07) is 6.53. The summed E-state index contributed by atoms with van der Waals surface area (Å²) in [6.07, 6.45) is 0. The molecule has 0 saturated heterocycles. The number of hydrogen-bond donors (Lipinski definition) is 0. The van der Waals surface area contributed by atoms with Crippen molar-refractivity contribution >= 4 is 10.0 Å². The largest absolute Gasteiger partial charge is 0.495 e. The molecule has 0 saturated carbocycles. The van der Waals surface area contributed by atoms with Crippen molar-refractivity contribution in [3.05, 3.63) is 24.3 Å². The number of methoxy groups -OCH3 is 1. The van der Waals surface area contributed by atoms with Gasteiger partial charge in [0, 0.05) is 13.1 Å². The average Bonchev–Trinajstić information content (AvgIpc) is 2.27. The van der Waals surface area contributed by atoms with Crippen LogP contribution in [0.3, 0.4) is 0 Å². The molecule has 0 N–H and O–H groups in total. The van der Waals surface area contributed by atoms with Crippen molar-refractivity contribution < 1.29 is 13.2 Å². The van der Waals surface area contributed by atoms with Crippen LogP contribution in [0.4, 0.5) is 0 Å². The molecule has 0 unspecified atom stereocenters. The van der Waals surface area contributed by atoms with Gasteiger partial charge >= 0.3 is 0 Å². The first kappa shape index (κ1) is 13.0. The molecule has 0 atom stereocenters. The summed E-state index contributed by atoms with van der Waals surface area (Å²) in [5, 5.41) is 0. The molecular weight excluding hydrogens is 226 g/mol. The fourth-order valence-corrected chi connectivity index (χ4v) is 2.79. The maximum Gasteiger partial charge on any atom is 0.246 e. The van der Waals surface area contributed by atoms with Crippen LogP contribution in [0.5, 0.6) is 5.75 Å². The SMILES string of the molecule is COc1ccccc1S(=O)(=O)N(C)C(C)C. The van der Waals surface area contributed by atoms with E-state index in [1.165, 1.54) is 11.4 Å². The molecule has 1 aromatic rings. The summed E-state index contributed by atoms with van der Waals surface area (Å²) in [7, 11) is -0.449. The Labute approximate surface area is 96.9 Å². The highest BCUT2D eigenvalue weighted by atomic mass is 32.2. The third kappa shape index (κ3) is 2.36. The summed E-state index contributed by atoms with van der Waals surface area (Å²) >= 11 is 0. The molecule has 0 amide bonds. The normalized spacial score (nSPS) is 12.1. The molecule has 0 aliphatic carbocycles. The van der Waals surface area contributed by atoms with Gasteiger partial charge in [0.25, 0.3) is 0 Å². The zero-order chi connectivity index (χ0) is 12.3. The maximum absolute atomic E-state index is 12.2. The van der Waals surface area contributed by atoms with Crippen molar-refractivity contribution in [1.29, 1.82) is 0 Å². The van der Waals surface area contributed by atoms with Gasteiger partial charge in [-0.15, -0.1) is 0 Å².